The van der Waals surface area contributed by atoms with Gasteiger partial charge in [-0.15, -0.1) is 0 Å². The maximum Gasteiger partial charge on any atom is 0.214 e. The molecule has 1 aliphatic rings. The molecule has 5 nitrogen and oxygen atoms in total. The summed E-state index contributed by atoms with van der Waals surface area (Å²) < 4.78 is 32.0. The number of nitrogens with one attached hydrogen (secondary N) is 1. The average Bonchev–Trinajstić information content (AvgIpc) is 2.70. The fourth-order valence-corrected chi connectivity index (χ4v) is 4.71. The van der Waals surface area contributed by atoms with E-state index >= 15 is 0 Å². The zero-order valence-electron chi connectivity index (χ0n) is 17.2. The molecule has 2 aromatic rings. The van der Waals surface area contributed by atoms with Crippen molar-refractivity contribution in [3.8, 4) is 5.75 Å². The summed E-state index contributed by atoms with van der Waals surface area (Å²) in [5.41, 5.74) is 10.0. The number of hydrogen-bond donors (Lipinski definition) is 2. The molecule has 164 valence electrons. The number of fused-ring (bicyclic) bond motifs is 1. The van der Waals surface area contributed by atoms with Crippen molar-refractivity contribution in [1.29, 1.82) is 0 Å². The average molecular weight is 471 g/mol. The Morgan fingerprint density at radius 3 is 2.63 bits per heavy atom. The monoisotopic (exact) mass is 470 g/mol. The summed E-state index contributed by atoms with van der Waals surface area (Å²) in [4.78, 5) is 0. The molecule has 0 saturated heterocycles. The van der Waals surface area contributed by atoms with Crippen LogP contribution in [0.15, 0.2) is 36.4 Å². The van der Waals surface area contributed by atoms with Gasteiger partial charge >= 0.3 is 0 Å². The third-order valence-electron chi connectivity index (χ3n) is 5.51. The molecule has 8 heteroatoms. The highest BCUT2D eigenvalue weighted by molar-refractivity contribution is 7.90. The molecule has 2 aromatic carbocycles. The molecule has 0 bridgehead atoms. The second-order valence-corrected chi connectivity index (χ2v) is 11.1. The van der Waals surface area contributed by atoms with Gasteiger partial charge in [0.2, 0.25) is 10.0 Å². The Labute approximate surface area is 189 Å². The van der Waals surface area contributed by atoms with Gasteiger partial charge in [-0.3, -0.25) is 0 Å². The van der Waals surface area contributed by atoms with Crippen LogP contribution in [0, 0.1) is 0 Å². The van der Waals surface area contributed by atoms with Gasteiger partial charge in [0.25, 0.3) is 0 Å². The maximum absolute atomic E-state index is 11.8. The van der Waals surface area contributed by atoms with Gasteiger partial charge < -0.3 is 10.5 Å². The van der Waals surface area contributed by atoms with E-state index in [1.807, 2.05) is 30.3 Å². The summed E-state index contributed by atoms with van der Waals surface area (Å²) in [6.45, 7) is 3.77. The van der Waals surface area contributed by atoms with Crippen LogP contribution >= 0.6 is 23.2 Å². The molecular formula is C22H28Cl2N2O3S. The molecular weight excluding hydrogens is 443 g/mol. The molecule has 1 aliphatic carbocycles. The highest BCUT2D eigenvalue weighted by atomic mass is 35.5. The minimum Gasteiger partial charge on any atom is -0.492 e. The van der Waals surface area contributed by atoms with E-state index in [2.05, 4.69) is 10.8 Å². The Morgan fingerprint density at radius 2 is 1.93 bits per heavy atom. The number of halogens is 2. The first-order chi connectivity index (χ1) is 14.2. The van der Waals surface area contributed by atoms with Crippen molar-refractivity contribution in [2.24, 2.45) is 5.73 Å². The fourth-order valence-electron chi connectivity index (χ4n) is 3.69. The fraction of sp³-hybridized carbons (Fsp3) is 0.455. The van der Waals surface area contributed by atoms with E-state index in [0.717, 1.165) is 24.8 Å². The lowest BCUT2D eigenvalue weighted by molar-refractivity contribution is 0.321. The first-order valence-corrected chi connectivity index (χ1v) is 12.4. The SMILES string of the molecule is CC(C)S(=O)(=O)NCCOc1ccc2c(c1)C(Cc1ccc(Cl)c(Cl)c1)C(N)CC2. The standard InChI is InChI=1S/C22H28Cl2N2O3S/c1-14(2)30(27,28)26-9-10-29-17-6-4-16-5-8-22(25)19(18(16)13-17)11-15-3-7-20(23)21(24)12-15/h3-4,6-7,12-14,19,22,26H,5,8-11,25H2,1-2H3. The van der Waals surface area contributed by atoms with Crippen molar-refractivity contribution >= 4 is 33.2 Å². The highest BCUT2D eigenvalue weighted by Crippen LogP contribution is 2.36. The zero-order chi connectivity index (χ0) is 21.9. The number of aryl methyl sites for hydroxylation is 1. The summed E-state index contributed by atoms with van der Waals surface area (Å²) in [6, 6.07) is 11.8. The quantitative estimate of drug-likeness (QED) is 0.563. The van der Waals surface area contributed by atoms with Gasteiger partial charge in [0.1, 0.15) is 12.4 Å². The van der Waals surface area contributed by atoms with Crippen LogP contribution in [0.5, 0.6) is 5.75 Å². The molecule has 0 aromatic heterocycles. The number of nitrogens with two attached hydrogens (primary N) is 1. The zero-order valence-corrected chi connectivity index (χ0v) is 19.5. The lowest BCUT2D eigenvalue weighted by atomic mass is 9.76. The third kappa shape index (κ3) is 5.68. The Balaban J connectivity index is 1.71. The van der Waals surface area contributed by atoms with Gasteiger partial charge in [0.05, 0.1) is 15.3 Å². The third-order valence-corrected chi connectivity index (χ3v) is 8.10. The van der Waals surface area contributed by atoms with Gasteiger partial charge in [-0.1, -0.05) is 35.3 Å². The summed E-state index contributed by atoms with van der Waals surface area (Å²) in [5.74, 6) is 0.861. The van der Waals surface area contributed by atoms with Gasteiger partial charge in [-0.25, -0.2) is 13.1 Å². The van der Waals surface area contributed by atoms with E-state index in [1.54, 1.807) is 13.8 Å². The smallest absolute Gasteiger partial charge is 0.214 e. The van der Waals surface area contributed by atoms with Crippen LogP contribution in [0.2, 0.25) is 10.0 Å². The van der Waals surface area contributed by atoms with Crippen molar-refractivity contribution in [2.45, 2.75) is 50.3 Å². The number of sulfonamides is 1. The molecule has 3 N–H and O–H groups in total. The van der Waals surface area contributed by atoms with E-state index in [9.17, 15) is 8.42 Å². The number of benzene rings is 2. The predicted molar refractivity (Wildman–Crippen MR) is 123 cm³/mol. The van der Waals surface area contributed by atoms with Crippen molar-refractivity contribution in [2.75, 3.05) is 13.2 Å². The largest absolute Gasteiger partial charge is 0.492 e. The van der Waals surface area contributed by atoms with Crippen LogP contribution in [0.25, 0.3) is 0 Å². The second kappa shape index (κ2) is 9.88. The molecule has 0 amide bonds. The van der Waals surface area contributed by atoms with Crippen LogP contribution in [-0.2, 0) is 22.9 Å². The van der Waals surface area contributed by atoms with E-state index in [0.29, 0.717) is 15.8 Å². The molecule has 0 spiro atoms. The first kappa shape index (κ1) is 23.4. The summed E-state index contributed by atoms with van der Waals surface area (Å²) >= 11 is 12.2. The Hall–Kier alpha value is -1.31. The predicted octanol–water partition coefficient (Wildman–Crippen LogP) is 4.30. The first-order valence-electron chi connectivity index (χ1n) is 10.1. The van der Waals surface area contributed by atoms with E-state index in [1.165, 1.54) is 11.1 Å². The number of ether oxygens (including phenoxy) is 1. The van der Waals surface area contributed by atoms with Crippen LogP contribution in [-0.4, -0.2) is 32.9 Å². The molecule has 0 heterocycles. The van der Waals surface area contributed by atoms with Crippen molar-refractivity contribution in [1.82, 2.24) is 4.72 Å². The lowest BCUT2D eigenvalue weighted by Crippen LogP contribution is -2.34. The van der Waals surface area contributed by atoms with Crippen molar-refractivity contribution in [3.63, 3.8) is 0 Å². The number of rotatable bonds is 8. The molecule has 30 heavy (non-hydrogen) atoms. The van der Waals surface area contributed by atoms with Gasteiger partial charge in [-0.2, -0.15) is 0 Å². The second-order valence-electron chi connectivity index (χ2n) is 7.96. The molecule has 0 aliphatic heterocycles. The van der Waals surface area contributed by atoms with E-state index < -0.39 is 15.3 Å². The summed E-state index contributed by atoms with van der Waals surface area (Å²) in [5, 5.41) is 0.613. The minimum atomic E-state index is -3.29. The van der Waals surface area contributed by atoms with Gasteiger partial charge in [0, 0.05) is 18.5 Å². The van der Waals surface area contributed by atoms with Crippen LogP contribution in [0.1, 0.15) is 42.9 Å². The van der Waals surface area contributed by atoms with Gasteiger partial charge in [0.15, 0.2) is 0 Å². The molecule has 2 atom stereocenters. The minimum absolute atomic E-state index is 0.0417. The van der Waals surface area contributed by atoms with Crippen molar-refractivity contribution in [3.05, 3.63) is 63.1 Å². The van der Waals surface area contributed by atoms with Crippen LogP contribution < -0.4 is 15.2 Å². The molecule has 0 saturated carbocycles. The topological polar surface area (TPSA) is 81.4 Å². The molecule has 3 rings (SSSR count). The summed E-state index contributed by atoms with van der Waals surface area (Å²) in [6.07, 6.45) is 2.63. The normalized spacial score (nSPS) is 19.0. The maximum atomic E-state index is 11.8. The Morgan fingerprint density at radius 1 is 1.17 bits per heavy atom. The molecule has 0 radical (unpaired) electrons. The number of hydrogen-bond acceptors (Lipinski definition) is 4. The highest BCUT2D eigenvalue weighted by Gasteiger charge is 2.28. The summed E-state index contributed by atoms with van der Waals surface area (Å²) in [7, 11) is -3.29. The molecule has 2 unspecified atom stereocenters. The van der Waals surface area contributed by atoms with E-state index in [4.69, 9.17) is 33.7 Å². The Kier molecular flexibility index (Phi) is 7.69. The lowest BCUT2D eigenvalue weighted by Gasteiger charge is -2.32. The van der Waals surface area contributed by atoms with Crippen LogP contribution in [0.3, 0.4) is 0 Å². The van der Waals surface area contributed by atoms with Crippen molar-refractivity contribution < 1.29 is 13.2 Å². The van der Waals surface area contributed by atoms with E-state index in [-0.39, 0.29) is 25.1 Å². The van der Waals surface area contributed by atoms with Gasteiger partial charge in [-0.05, 0) is 74.1 Å². The van der Waals surface area contributed by atoms with Crippen LogP contribution in [0.4, 0.5) is 0 Å². The molecule has 0 fully saturated rings. The Bertz CT molecular complexity index is 996.